The number of halogens is 2. The van der Waals surface area contributed by atoms with E-state index in [0.717, 1.165) is 16.7 Å². The molecule has 198 valence electrons. The molecule has 2 aliphatic rings. The maximum atomic E-state index is 14.5. The average Bonchev–Trinajstić information content (AvgIpc) is 3.64. The van der Waals surface area contributed by atoms with E-state index in [1.54, 1.807) is 6.07 Å². The highest BCUT2D eigenvalue weighted by molar-refractivity contribution is 5.33. The van der Waals surface area contributed by atoms with E-state index in [1.165, 1.54) is 12.1 Å². The van der Waals surface area contributed by atoms with Gasteiger partial charge in [0.15, 0.2) is 0 Å². The summed E-state index contributed by atoms with van der Waals surface area (Å²) in [7, 11) is 0. The second-order valence-corrected chi connectivity index (χ2v) is 10.9. The van der Waals surface area contributed by atoms with Gasteiger partial charge in [-0.2, -0.15) is 8.78 Å². The lowest BCUT2D eigenvalue weighted by Gasteiger charge is -2.47. The summed E-state index contributed by atoms with van der Waals surface area (Å²) in [5.74, 6) is 0. The molecule has 5 atom stereocenters. The molecule has 0 spiro atoms. The summed E-state index contributed by atoms with van der Waals surface area (Å²) in [5, 5.41) is 18.4. The molecule has 2 aromatic carbocycles. The van der Waals surface area contributed by atoms with Crippen LogP contribution in [-0.4, -0.2) is 36.0 Å². The van der Waals surface area contributed by atoms with E-state index in [0.29, 0.717) is 25.3 Å². The van der Waals surface area contributed by atoms with E-state index in [2.05, 4.69) is 43.5 Å². The number of hydrogen-bond donors (Lipinski definition) is 3. The minimum absolute atomic E-state index is 0.00609. The Morgan fingerprint density at radius 1 is 1.00 bits per heavy atom. The Bertz CT molecular complexity index is 1030. The van der Waals surface area contributed by atoms with Gasteiger partial charge in [-0.1, -0.05) is 56.3 Å². The van der Waals surface area contributed by atoms with Crippen molar-refractivity contribution in [2.45, 2.75) is 102 Å². The predicted octanol–water partition coefficient (Wildman–Crippen LogP) is 5.69. The summed E-state index contributed by atoms with van der Waals surface area (Å²) in [6, 6.07) is 14.9. The van der Waals surface area contributed by atoms with E-state index in [4.69, 9.17) is 9.47 Å². The van der Waals surface area contributed by atoms with E-state index >= 15 is 0 Å². The molecule has 7 heteroatoms. The molecule has 4 rings (SSSR count). The monoisotopic (exact) mass is 502 g/mol. The van der Waals surface area contributed by atoms with Crippen molar-refractivity contribution in [1.82, 2.24) is 10.6 Å². The van der Waals surface area contributed by atoms with Crippen molar-refractivity contribution in [3.63, 3.8) is 0 Å². The molecule has 3 N–H and O–H groups in total. The van der Waals surface area contributed by atoms with Crippen LogP contribution in [0, 0.1) is 0 Å². The standard InChI is InChI=1S/C29H40F2N2O3/c1-18(2)32-20(4)22-8-6-10-24(15-22)28(34)17-35-27(28)14-19(3)33-21(5)23-9-7-11-25(16-23)29(30,31)36-26-12-13-26/h6-11,15-16,18-21,26-27,32-34H,12-14,17H2,1-5H3/t19?,20-,21-,27?,28?/m1/s1. The smallest absolute Gasteiger partial charge is 0.380 e. The van der Waals surface area contributed by atoms with E-state index in [1.807, 2.05) is 32.0 Å². The number of alkyl halides is 2. The van der Waals surface area contributed by atoms with Crippen molar-refractivity contribution >= 4 is 0 Å². The zero-order chi connectivity index (χ0) is 26.1. The Morgan fingerprint density at radius 2 is 1.64 bits per heavy atom. The lowest BCUT2D eigenvalue weighted by molar-refractivity contribution is -0.255. The van der Waals surface area contributed by atoms with Gasteiger partial charge in [0.05, 0.1) is 24.4 Å². The zero-order valence-corrected chi connectivity index (χ0v) is 21.9. The van der Waals surface area contributed by atoms with Crippen LogP contribution in [0.2, 0.25) is 0 Å². The molecule has 1 aliphatic carbocycles. The molecule has 1 saturated carbocycles. The Hall–Kier alpha value is -1.90. The van der Waals surface area contributed by atoms with Crippen molar-refractivity contribution < 1.29 is 23.4 Å². The number of aliphatic hydroxyl groups is 1. The van der Waals surface area contributed by atoms with E-state index in [9.17, 15) is 13.9 Å². The topological polar surface area (TPSA) is 62.8 Å². The van der Waals surface area contributed by atoms with Crippen molar-refractivity contribution in [2.24, 2.45) is 0 Å². The van der Waals surface area contributed by atoms with E-state index in [-0.39, 0.29) is 42.5 Å². The molecule has 1 saturated heterocycles. The normalized spacial score (nSPS) is 24.9. The quantitative estimate of drug-likeness (QED) is 0.348. The molecule has 1 heterocycles. The highest BCUT2D eigenvalue weighted by Crippen LogP contribution is 2.40. The molecule has 0 radical (unpaired) electrons. The molecule has 0 bridgehead atoms. The van der Waals surface area contributed by atoms with Crippen molar-refractivity contribution in [3.05, 3.63) is 70.8 Å². The van der Waals surface area contributed by atoms with Gasteiger partial charge in [0.2, 0.25) is 0 Å². The Balaban J connectivity index is 1.37. The first kappa shape index (κ1) is 27.1. The molecule has 1 aliphatic heterocycles. The first-order chi connectivity index (χ1) is 17.0. The van der Waals surface area contributed by atoms with Gasteiger partial charge in [-0.3, -0.25) is 0 Å². The molecular formula is C29H40F2N2O3. The molecule has 0 amide bonds. The van der Waals surface area contributed by atoms with Crippen LogP contribution in [0.15, 0.2) is 48.5 Å². The highest BCUT2D eigenvalue weighted by atomic mass is 19.3. The molecular weight excluding hydrogens is 462 g/mol. The predicted molar refractivity (Wildman–Crippen MR) is 137 cm³/mol. The van der Waals surface area contributed by atoms with Gasteiger partial charge in [-0.15, -0.1) is 0 Å². The third-order valence-electron chi connectivity index (χ3n) is 7.17. The second kappa shape index (κ2) is 10.8. The van der Waals surface area contributed by atoms with Gasteiger partial charge in [0.1, 0.15) is 5.60 Å². The minimum Gasteiger partial charge on any atom is -0.380 e. The number of benzene rings is 2. The SMILES string of the molecule is CC(C)N[C@H](C)c1cccc(C2(O)COC2CC(C)N[C@H](C)c2cccc(C(F)(F)OC3CC3)c2)c1. The number of hydrogen-bond acceptors (Lipinski definition) is 5. The highest BCUT2D eigenvalue weighted by Gasteiger charge is 2.49. The maximum Gasteiger partial charge on any atom is 0.383 e. The fraction of sp³-hybridized carbons (Fsp3) is 0.586. The average molecular weight is 503 g/mol. The van der Waals surface area contributed by atoms with Crippen LogP contribution >= 0.6 is 0 Å². The molecule has 2 aromatic rings. The lowest BCUT2D eigenvalue weighted by Crippen LogP contribution is -2.57. The third kappa shape index (κ3) is 6.32. The second-order valence-electron chi connectivity index (χ2n) is 10.9. The summed E-state index contributed by atoms with van der Waals surface area (Å²) < 4.78 is 39.7. The summed E-state index contributed by atoms with van der Waals surface area (Å²) in [4.78, 5) is 0. The lowest BCUT2D eigenvalue weighted by atomic mass is 9.80. The zero-order valence-electron chi connectivity index (χ0n) is 21.9. The van der Waals surface area contributed by atoms with Gasteiger partial charge < -0.3 is 25.2 Å². The van der Waals surface area contributed by atoms with E-state index < -0.39 is 11.7 Å². The van der Waals surface area contributed by atoms with Crippen LogP contribution in [0.1, 0.15) is 88.2 Å². The molecule has 2 fully saturated rings. The number of ether oxygens (including phenoxy) is 2. The largest absolute Gasteiger partial charge is 0.383 e. The summed E-state index contributed by atoms with van der Waals surface area (Å²) in [6.45, 7) is 10.6. The van der Waals surface area contributed by atoms with Gasteiger partial charge in [-0.25, -0.2) is 0 Å². The Labute approximate surface area is 213 Å². The minimum atomic E-state index is -3.28. The first-order valence-electron chi connectivity index (χ1n) is 13.1. The molecule has 36 heavy (non-hydrogen) atoms. The van der Waals surface area contributed by atoms with Gasteiger partial charge in [0, 0.05) is 24.2 Å². The molecule has 0 aromatic heterocycles. The van der Waals surface area contributed by atoms with Gasteiger partial charge in [0.25, 0.3) is 0 Å². The molecule has 3 unspecified atom stereocenters. The first-order valence-corrected chi connectivity index (χ1v) is 13.1. The van der Waals surface area contributed by atoms with Crippen LogP contribution in [-0.2, 0) is 21.2 Å². The maximum absolute atomic E-state index is 14.5. The van der Waals surface area contributed by atoms with Crippen LogP contribution in [0.4, 0.5) is 8.78 Å². The van der Waals surface area contributed by atoms with Crippen LogP contribution in [0.3, 0.4) is 0 Å². The van der Waals surface area contributed by atoms with Crippen molar-refractivity contribution in [3.8, 4) is 0 Å². The Kier molecular flexibility index (Phi) is 8.17. The van der Waals surface area contributed by atoms with Gasteiger partial charge >= 0.3 is 6.11 Å². The van der Waals surface area contributed by atoms with Crippen molar-refractivity contribution in [2.75, 3.05) is 6.61 Å². The molecule has 5 nitrogen and oxygen atoms in total. The Morgan fingerprint density at radius 3 is 2.25 bits per heavy atom. The fourth-order valence-electron chi connectivity index (χ4n) is 4.93. The van der Waals surface area contributed by atoms with Gasteiger partial charge in [-0.05, 0) is 62.8 Å². The number of rotatable bonds is 12. The van der Waals surface area contributed by atoms with Crippen LogP contribution < -0.4 is 10.6 Å². The van der Waals surface area contributed by atoms with Crippen LogP contribution in [0.25, 0.3) is 0 Å². The third-order valence-corrected chi connectivity index (χ3v) is 7.17. The fourth-order valence-corrected chi connectivity index (χ4v) is 4.93. The van der Waals surface area contributed by atoms with Crippen molar-refractivity contribution in [1.29, 1.82) is 0 Å². The summed E-state index contributed by atoms with van der Waals surface area (Å²) >= 11 is 0. The summed E-state index contributed by atoms with van der Waals surface area (Å²) in [5.41, 5.74) is 1.59. The number of nitrogens with one attached hydrogen (secondary N) is 2. The van der Waals surface area contributed by atoms with Crippen LogP contribution in [0.5, 0.6) is 0 Å². The summed E-state index contributed by atoms with van der Waals surface area (Å²) in [6.07, 6.45) is -1.99.